The second-order valence-electron chi connectivity index (χ2n) is 2.79. The molecule has 0 aliphatic heterocycles. The second-order valence-corrected chi connectivity index (χ2v) is 2.79. The molecule has 5 heteroatoms. The van der Waals surface area contributed by atoms with Crippen LogP contribution in [0.5, 0.6) is 11.5 Å². The maximum Gasteiger partial charge on any atom is 0.162 e. The van der Waals surface area contributed by atoms with E-state index in [1.54, 1.807) is 13.1 Å². The van der Waals surface area contributed by atoms with E-state index in [9.17, 15) is 9.90 Å². The summed E-state index contributed by atoms with van der Waals surface area (Å²) < 4.78 is 10.0. The summed E-state index contributed by atoms with van der Waals surface area (Å²) in [5.74, 6) is -0.442. The Balaban J connectivity index is 3.34. The Bertz CT molecular complexity index is 376. The molecule has 15 heavy (non-hydrogen) atoms. The Kier molecular flexibility index (Phi) is 3.38. The fourth-order valence-corrected chi connectivity index (χ4v) is 1.25. The number of nitrogens with one attached hydrogen (secondary N) is 1. The molecule has 1 N–H and O–H groups in total. The Morgan fingerprint density at radius 3 is 2.20 bits per heavy atom. The number of carboxylic acids is 1. The lowest BCUT2D eigenvalue weighted by Gasteiger charge is -2.14. The van der Waals surface area contributed by atoms with Gasteiger partial charge in [-0.1, -0.05) is 0 Å². The van der Waals surface area contributed by atoms with Crippen molar-refractivity contribution in [2.45, 2.75) is 0 Å². The Labute approximate surface area is 87.6 Å². The SMILES string of the molecule is CNc1cc(OC)c(OC)cc1C(=O)[O-]. The highest BCUT2D eigenvalue weighted by Gasteiger charge is 2.10. The first-order valence-electron chi connectivity index (χ1n) is 4.29. The molecule has 0 aliphatic rings. The first kappa shape index (κ1) is 11.2. The number of anilines is 1. The second kappa shape index (κ2) is 4.54. The summed E-state index contributed by atoms with van der Waals surface area (Å²) in [6, 6.07) is 2.91. The van der Waals surface area contributed by atoms with E-state index in [0.717, 1.165) is 0 Å². The zero-order valence-electron chi connectivity index (χ0n) is 8.79. The minimum Gasteiger partial charge on any atom is -0.545 e. The van der Waals surface area contributed by atoms with Crippen LogP contribution in [0.3, 0.4) is 0 Å². The average Bonchev–Trinajstić information content (AvgIpc) is 2.26. The molecule has 0 saturated heterocycles. The summed E-state index contributed by atoms with van der Waals surface area (Å²) in [6.45, 7) is 0. The highest BCUT2D eigenvalue weighted by molar-refractivity contribution is 5.94. The van der Waals surface area contributed by atoms with Crippen LogP contribution >= 0.6 is 0 Å². The third-order valence-corrected chi connectivity index (χ3v) is 2.01. The van der Waals surface area contributed by atoms with Crippen LogP contribution in [0.15, 0.2) is 12.1 Å². The van der Waals surface area contributed by atoms with Gasteiger partial charge in [0.2, 0.25) is 0 Å². The molecule has 82 valence electrons. The van der Waals surface area contributed by atoms with Gasteiger partial charge in [0.1, 0.15) is 0 Å². The lowest BCUT2D eigenvalue weighted by Crippen LogP contribution is -2.23. The molecule has 0 fully saturated rings. The first-order chi connectivity index (χ1) is 7.13. The van der Waals surface area contributed by atoms with Crippen LogP contribution in [0, 0.1) is 0 Å². The number of carboxylic acid groups (broad SMARTS) is 1. The van der Waals surface area contributed by atoms with E-state index in [1.807, 2.05) is 0 Å². The van der Waals surface area contributed by atoms with Crippen LogP contribution in [0.4, 0.5) is 5.69 Å². The molecule has 0 amide bonds. The number of hydrogen-bond donors (Lipinski definition) is 1. The molecule has 0 aliphatic carbocycles. The zero-order valence-corrected chi connectivity index (χ0v) is 8.79. The predicted molar refractivity (Wildman–Crippen MR) is 53.4 cm³/mol. The van der Waals surface area contributed by atoms with Crippen LogP contribution in [0.1, 0.15) is 10.4 Å². The fourth-order valence-electron chi connectivity index (χ4n) is 1.25. The van der Waals surface area contributed by atoms with E-state index in [4.69, 9.17) is 9.47 Å². The van der Waals surface area contributed by atoms with Crippen molar-refractivity contribution < 1.29 is 19.4 Å². The minimum absolute atomic E-state index is 0.0372. The average molecular weight is 210 g/mol. The van der Waals surface area contributed by atoms with E-state index >= 15 is 0 Å². The summed E-state index contributed by atoms with van der Waals surface area (Å²) in [4.78, 5) is 10.8. The first-order valence-corrected chi connectivity index (χ1v) is 4.29. The Morgan fingerprint density at radius 2 is 1.80 bits per heavy atom. The number of carbonyl (C=O) groups is 1. The zero-order chi connectivity index (χ0) is 11.4. The van der Waals surface area contributed by atoms with Crippen LogP contribution in [-0.4, -0.2) is 27.2 Å². The van der Waals surface area contributed by atoms with E-state index in [2.05, 4.69) is 5.32 Å². The van der Waals surface area contributed by atoms with Gasteiger partial charge in [-0.05, 0) is 6.07 Å². The smallest absolute Gasteiger partial charge is 0.162 e. The van der Waals surface area contributed by atoms with Gasteiger partial charge >= 0.3 is 0 Å². The minimum atomic E-state index is -1.26. The molecule has 0 saturated carbocycles. The van der Waals surface area contributed by atoms with E-state index < -0.39 is 5.97 Å². The van der Waals surface area contributed by atoms with Gasteiger partial charge in [0, 0.05) is 24.4 Å². The monoisotopic (exact) mass is 210 g/mol. The van der Waals surface area contributed by atoms with Gasteiger partial charge < -0.3 is 24.7 Å². The van der Waals surface area contributed by atoms with E-state index in [1.165, 1.54) is 20.3 Å². The number of methoxy groups -OCH3 is 2. The van der Waals surface area contributed by atoms with Gasteiger partial charge in [-0.15, -0.1) is 0 Å². The maximum absolute atomic E-state index is 10.8. The number of hydrogen-bond acceptors (Lipinski definition) is 5. The van der Waals surface area contributed by atoms with Crippen LogP contribution in [0.2, 0.25) is 0 Å². The molecule has 0 spiro atoms. The molecule has 5 nitrogen and oxygen atoms in total. The lowest BCUT2D eigenvalue weighted by molar-refractivity contribution is -0.254. The van der Waals surface area contributed by atoms with Crippen molar-refractivity contribution >= 4 is 11.7 Å². The highest BCUT2D eigenvalue weighted by Crippen LogP contribution is 2.32. The third kappa shape index (κ3) is 2.12. The third-order valence-electron chi connectivity index (χ3n) is 2.01. The number of ether oxygens (including phenoxy) is 2. The van der Waals surface area contributed by atoms with Gasteiger partial charge in [0.15, 0.2) is 11.5 Å². The topological polar surface area (TPSA) is 70.6 Å². The normalized spacial score (nSPS) is 9.53. The number of rotatable bonds is 4. The van der Waals surface area contributed by atoms with Gasteiger partial charge in [-0.3, -0.25) is 0 Å². The quantitative estimate of drug-likeness (QED) is 0.763. The van der Waals surface area contributed by atoms with Gasteiger partial charge in [0.05, 0.1) is 20.2 Å². The highest BCUT2D eigenvalue weighted by atomic mass is 16.5. The van der Waals surface area contributed by atoms with Crippen LogP contribution < -0.4 is 19.9 Å². The van der Waals surface area contributed by atoms with Gasteiger partial charge in [-0.2, -0.15) is 0 Å². The van der Waals surface area contributed by atoms with Crippen molar-refractivity contribution in [2.75, 3.05) is 26.6 Å². The number of benzene rings is 1. The summed E-state index contributed by atoms with van der Waals surface area (Å²) in [6.07, 6.45) is 0. The van der Waals surface area contributed by atoms with Crippen molar-refractivity contribution in [2.24, 2.45) is 0 Å². The molecule has 0 heterocycles. The van der Waals surface area contributed by atoms with E-state index in [-0.39, 0.29) is 5.56 Å². The Morgan fingerprint density at radius 1 is 1.27 bits per heavy atom. The number of carbonyl (C=O) groups excluding carboxylic acids is 1. The van der Waals surface area contributed by atoms with E-state index in [0.29, 0.717) is 17.2 Å². The molecule has 0 aromatic heterocycles. The van der Waals surface area contributed by atoms with Crippen molar-refractivity contribution in [1.82, 2.24) is 0 Å². The standard InChI is InChI=1S/C10H13NO4/c1-11-7-5-9(15-3)8(14-2)4-6(7)10(12)13/h4-5,11H,1-3H3,(H,12,13)/p-1. The molecule has 1 rings (SSSR count). The molecule has 0 bridgehead atoms. The largest absolute Gasteiger partial charge is 0.545 e. The molecule has 1 aromatic rings. The molecule has 0 unspecified atom stereocenters. The van der Waals surface area contributed by atoms with Crippen molar-refractivity contribution in [3.05, 3.63) is 17.7 Å². The molecular weight excluding hydrogens is 198 g/mol. The Hall–Kier alpha value is -1.91. The number of aromatic carboxylic acids is 1. The summed E-state index contributed by atoms with van der Waals surface area (Å²) in [5, 5.41) is 13.5. The van der Waals surface area contributed by atoms with Crippen molar-refractivity contribution in [3.8, 4) is 11.5 Å². The molecule has 1 aromatic carbocycles. The van der Waals surface area contributed by atoms with Gasteiger partial charge in [0.25, 0.3) is 0 Å². The lowest BCUT2D eigenvalue weighted by atomic mass is 10.1. The molecular formula is C10H12NO4-. The van der Waals surface area contributed by atoms with Crippen molar-refractivity contribution in [1.29, 1.82) is 0 Å². The molecule has 0 atom stereocenters. The summed E-state index contributed by atoms with van der Waals surface area (Å²) >= 11 is 0. The molecule has 0 radical (unpaired) electrons. The predicted octanol–water partition coefficient (Wildman–Crippen LogP) is 0.109. The van der Waals surface area contributed by atoms with Crippen LogP contribution in [0.25, 0.3) is 0 Å². The fraction of sp³-hybridized carbons (Fsp3) is 0.300. The maximum atomic E-state index is 10.8. The summed E-state index contributed by atoms with van der Waals surface area (Å²) in [5.41, 5.74) is 0.461. The van der Waals surface area contributed by atoms with Crippen molar-refractivity contribution in [3.63, 3.8) is 0 Å². The van der Waals surface area contributed by atoms with Crippen LogP contribution in [-0.2, 0) is 0 Å². The van der Waals surface area contributed by atoms with Gasteiger partial charge in [-0.25, -0.2) is 0 Å². The summed E-state index contributed by atoms with van der Waals surface area (Å²) in [7, 11) is 4.54.